The van der Waals surface area contributed by atoms with E-state index in [4.69, 9.17) is 4.74 Å². The quantitative estimate of drug-likeness (QED) is 0.516. The van der Waals surface area contributed by atoms with Gasteiger partial charge in [0.1, 0.15) is 18.3 Å². The van der Waals surface area contributed by atoms with Gasteiger partial charge in [0.25, 0.3) is 0 Å². The lowest BCUT2D eigenvalue weighted by atomic mass is 10.1. The summed E-state index contributed by atoms with van der Waals surface area (Å²) in [6.45, 7) is 4.90. The maximum atomic E-state index is 11.0. The first-order valence-corrected chi connectivity index (χ1v) is 4.82. The lowest BCUT2D eigenvalue weighted by Crippen LogP contribution is -2.21. The summed E-state index contributed by atoms with van der Waals surface area (Å²) in [6.07, 6.45) is 0.0772. The Morgan fingerprint density at radius 1 is 1.43 bits per heavy atom. The van der Waals surface area contributed by atoms with Crippen LogP contribution in [0.3, 0.4) is 0 Å². The van der Waals surface area contributed by atoms with E-state index in [1.165, 1.54) is 6.92 Å². The molecule has 2 unspecified atom stereocenters. The van der Waals surface area contributed by atoms with Gasteiger partial charge in [0.2, 0.25) is 0 Å². The predicted octanol–water partition coefficient (Wildman–Crippen LogP) is 1.06. The number of ether oxygens (including phenoxy) is 1. The maximum Gasteiger partial charge on any atom is 0.313 e. The van der Waals surface area contributed by atoms with Gasteiger partial charge in [-0.2, -0.15) is 0 Å². The molecular weight excluding hydrogens is 184 g/mol. The molecule has 0 saturated carbocycles. The van der Waals surface area contributed by atoms with Crippen LogP contribution in [-0.4, -0.2) is 29.1 Å². The van der Waals surface area contributed by atoms with Crippen LogP contribution in [0, 0.1) is 0 Å². The zero-order valence-corrected chi connectivity index (χ0v) is 8.95. The topological polar surface area (TPSA) is 63.6 Å². The summed E-state index contributed by atoms with van der Waals surface area (Å²) in [5.41, 5.74) is 0. The molecule has 1 N–H and O–H groups in total. The second-order valence-electron chi connectivity index (χ2n) is 3.48. The molecule has 4 heteroatoms. The van der Waals surface area contributed by atoms with Crippen LogP contribution in [0.15, 0.2) is 0 Å². The molecule has 0 saturated heterocycles. The van der Waals surface area contributed by atoms with Crippen LogP contribution in [0.5, 0.6) is 0 Å². The minimum Gasteiger partial charge on any atom is -0.462 e. The van der Waals surface area contributed by atoms with Gasteiger partial charge in [0.05, 0.1) is 6.10 Å². The highest BCUT2D eigenvalue weighted by Gasteiger charge is 2.14. The average Bonchev–Trinajstić information content (AvgIpc) is 2.01. The smallest absolute Gasteiger partial charge is 0.313 e. The first kappa shape index (κ1) is 13.1. The van der Waals surface area contributed by atoms with Crippen molar-refractivity contribution in [2.45, 2.75) is 52.2 Å². The molecule has 0 radical (unpaired) electrons. The average molecular weight is 202 g/mol. The van der Waals surface area contributed by atoms with Crippen molar-refractivity contribution in [3.63, 3.8) is 0 Å². The van der Waals surface area contributed by atoms with Gasteiger partial charge in [0.15, 0.2) is 0 Å². The molecule has 82 valence electrons. The van der Waals surface area contributed by atoms with E-state index in [0.717, 1.165) is 0 Å². The summed E-state index contributed by atoms with van der Waals surface area (Å²) in [6, 6.07) is 0. The minimum atomic E-state index is -0.520. The molecule has 0 amide bonds. The fourth-order valence-electron chi connectivity index (χ4n) is 1.07. The Morgan fingerprint density at radius 3 is 2.43 bits per heavy atom. The van der Waals surface area contributed by atoms with Gasteiger partial charge in [-0.3, -0.25) is 9.59 Å². The standard InChI is InChI=1S/C10H18O4/c1-4-9(12)6-8(3)14-10(13)5-7(2)11/h8-9,12H,4-6H2,1-3H3. The third-order valence-electron chi connectivity index (χ3n) is 1.80. The zero-order valence-electron chi connectivity index (χ0n) is 8.95. The molecule has 0 aliphatic carbocycles. The van der Waals surface area contributed by atoms with E-state index in [2.05, 4.69) is 0 Å². The number of ketones is 1. The Kier molecular flexibility index (Phi) is 6.12. The zero-order chi connectivity index (χ0) is 11.1. The highest BCUT2D eigenvalue weighted by Crippen LogP contribution is 2.06. The lowest BCUT2D eigenvalue weighted by molar-refractivity contribution is -0.151. The number of carbonyl (C=O) groups is 2. The van der Waals surface area contributed by atoms with E-state index < -0.39 is 12.1 Å². The van der Waals surface area contributed by atoms with Crippen molar-refractivity contribution in [3.8, 4) is 0 Å². The molecule has 0 aromatic heterocycles. The molecule has 2 atom stereocenters. The normalized spacial score (nSPS) is 14.6. The van der Waals surface area contributed by atoms with E-state index >= 15 is 0 Å². The van der Waals surface area contributed by atoms with Crippen LogP contribution in [0.1, 0.15) is 40.0 Å². The van der Waals surface area contributed by atoms with Gasteiger partial charge in [-0.1, -0.05) is 6.92 Å². The van der Waals surface area contributed by atoms with Crippen LogP contribution >= 0.6 is 0 Å². The van der Waals surface area contributed by atoms with Gasteiger partial charge < -0.3 is 9.84 Å². The largest absolute Gasteiger partial charge is 0.462 e. The number of hydrogen-bond donors (Lipinski definition) is 1. The van der Waals surface area contributed by atoms with Crippen molar-refractivity contribution in [3.05, 3.63) is 0 Å². The first-order chi connectivity index (χ1) is 6.45. The third kappa shape index (κ3) is 6.60. The van der Waals surface area contributed by atoms with E-state index in [-0.39, 0.29) is 18.3 Å². The van der Waals surface area contributed by atoms with Gasteiger partial charge >= 0.3 is 5.97 Å². The summed E-state index contributed by atoms with van der Waals surface area (Å²) >= 11 is 0. The van der Waals surface area contributed by atoms with Crippen molar-refractivity contribution in [2.75, 3.05) is 0 Å². The number of esters is 1. The van der Waals surface area contributed by atoms with Crippen LogP contribution < -0.4 is 0 Å². The summed E-state index contributed by atoms with van der Waals surface area (Å²) in [5, 5.41) is 9.26. The SMILES string of the molecule is CCC(O)CC(C)OC(=O)CC(C)=O. The number of rotatable bonds is 6. The molecule has 0 aromatic rings. The Bertz CT molecular complexity index is 200. The van der Waals surface area contributed by atoms with Crippen molar-refractivity contribution in [1.29, 1.82) is 0 Å². The van der Waals surface area contributed by atoms with E-state index in [0.29, 0.717) is 12.8 Å². The van der Waals surface area contributed by atoms with Crippen LogP contribution in [-0.2, 0) is 14.3 Å². The summed E-state index contributed by atoms with van der Waals surface area (Å²) in [5.74, 6) is -0.730. The molecule has 0 aliphatic heterocycles. The van der Waals surface area contributed by atoms with Crippen molar-refractivity contribution in [1.82, 2.24) is 0 Å². The Labute approximate surface area is 84.3 Å². The molecule has 0 aliphatic rings. The molecular formula is C10H18O4. The number of aliphatic hydroxyl groups excluding tert-OH is 1. The number of carbonyl (C=O) groups excluding carboxylic acids is 2. The lowest BCUT2D eigenvalue weighted by Gasteiger charge is -2.15. The van der Waals surface area contributed by atoms with Gasteiger partial charge in [-0.05, 0) is 20.3 Å². The second kappa shape index (κ2) is 6.54. The second-order valence-corrected chi connectivity index (χ2v) is 3.48. The Hall–Kier alpha value is -0.900. The monoisotopic (exact) mass is 202 g/mol. The van der Waals surface area contributed by atoms with Crippen LogP contribution in [0.2, 0.25) is 0 Å². The molecule has 0 bridgehead atoms. The fraction of sp³-hybridized carbons (Fsp3) is 0.800. The minimum absolute atomic E-state index is 0.188. The number of Topliss-reactive ketones (excluding diaryl/α,β-unsaturated/α-hetero) is 1. The van der Waals surface area contributed by atoms with E-state index in [9.17, 15) is 14.7 Å². The molecule has 14 heavy (non-hydrogen) atoms. The molecule has 4 nitrogen and oxygen atoms in total. The van der Waals surface area contributed by atoms with Crippen molar-refractivity contribution in [2.24, 2.45) is 0 Å². The Morgan fingerprint density at radius 2 is 2.00 bits per heavy atom. The van der Waals surface area contributed by atoms with Gasteiger partial charge in [-0.15, -0.1) is 0 Å². The maximum absolute atomic E-state index is 11.0. The van der Waals surface area contributed by atoms with E-state index in [1.54, 1.807) is 6.92 Å². The molecule has 0 rings (SSSR count). The van der Waals surface area contributed by atoms with E-state index in [1.807, 2.05) is 6.92 Å². The van der Waals surface area contributed by atoms with Crippen molar-refractivity contribution >= 4 is 11.8 Å². The first-order valence-electron chi connectivity index (χ1n) is 4.82. The highest BCUT2D eigenvalue weighted by molar-refractivity contribution is 5.94. The Balaban J connectivity index is 3.76. The highest BCUT2D eigenvalue weighted by atomic mass is 16.5. The number of hydrogen-bond acceptors (Lipinski definition) is 4. The summed E-state index contributed by atoms with van der Waals surface area (Å²) in [4.78, 5) is 21.6. The molecule has 0 fully saturated rings. The fourth-order valence-corrected chi connectivity index (χ4v) is 1.07. The summed E-state index contributed by atoms with van der Waals surface area (Å²) in [7, 11) is 0. The third-order valence-corrected chi connectivity index (χ3v) is 1.80. The van der Waals surface area contributed by atoms with Gasteiger partial charge in [0, 0.05) is 6.42 Å². The molecule has 0 aromatic carbocycles. The van der Waals surface area contributed by atoms with Gasteiger partial charge in [-0.25, -0.2) is 0 Å². The summed E-state index contributed by atoms with van der Waals surface area (Å²) < 4.78 is 4.91. The number of aliphatic hydroxyl groups is 1. The van der Waals surface area contributed by atoms with Crippen LogP contribution in [0.4, 0.5) is 0 Å². The molecule has 0 heterocycles. The molecule has 0 spiro atoms. The van der Waals surface area contributed by atoms with Crippen molar-refractivity contribution < 1.29 is 19.4 Å². The predicted molar refractivity (Wildman–Crippen MR) is 51.8 cm³/mol. The van der Waals surface area contributed by atoms with Crippen LogP contribution in [0.25, 0.3) is 0 Å².